The van der Waals surface area contributed by atoms with Gasteiger partial charge in [-0.1, -0.05) is 6.92 Å². The van der Waals surface area contributed by atoms with Gasteiger partial charge in [-0.25, -0.2) is 9.56 Å². The Kier molecular flexibility index (Phi) is 4.43. The summed E-state index contributed by atoms with van der Waals surface area (Å²) in [5.41, 5.74) is 2.04. The number of rotatable bonds is 3. The maximum atomic E-state index is 4.77. The zero-order chi connectivity index (χ0) is 13.9. The maximum Gasteiger partial charge on any atom is 0.303 e. The monoisotopic (exact) mass is 249 g/mol. The predicted molar refractivity (Wildman–Crippen MR) is 75.3 cm³/mol. The third-order valence-corrected chi connectivity index (χ3v) is 2.62. The van der Waals surface area contributed by atoms with Crippen LogP contribution in [-0.4, -0.2) is 30.3 Å². The van der Waals surface area contributed by atoms with Gasteiger partial charge < -0.3 is 4.90 Å². The fraction of sp³-hybridized carbons (Fsp3) is 0.643. The van der Waals surface area contributed by atoms with E-state index in [2.05, 4.69) is 43.5 Å². The molecule has 4 nitrogen and oxygen atoms in total. The van der Waals surface area contributed by atoms with Crippen molar-refractivity contribution in [2.75, 3.05) is 14.1 Å². The molecular formula is C14H25N4+. The number of hydrogen-bond donors (Lipinski definition) is 0. The number of aliphatic imine (C=N–C) groups is 1. The van der Waals surface area contributed by atoms with E-state index in [0.717, 1.165) is 23.6 Å². The van der Waals surface area contributed by atoms with Gasteiger partial charge in [0.05, 0.1) is 18.8 Å². The second kappa shape index (κ2) is 5.46. The molecule has 4 heteroatoms. The average molecular weight is 249 g/mol. The lowest BCUT2D eigenvalue weighted by atomic mass is 9.95. The quantitative estimate of drug-likeness (QED) is 0.466. The van der Waals surface area contributed by atoms with Crippen molar-refractivity contribution in [3.63, 3.8) is 0 Å². The highest BCUT2D eigenvalue weighted by Crippen LogP contribution is 2.21. The van der Waals surface area contributed by atoms with Crippen LogP contribution in [0.15, 0.2) is 11.2 Å². The molecular weight excluding hydrogens is 224 g/mol. The lowest BCUT2D eigenvalue weighted by Gasteiger charge is -2.14. The van der Waals surface area contributed by atoms with E-state index >= 15 is 0 Å². The van der Waals surface area contributed by atoms with Crippen molar-refractivity contribution in [1.82, 2.24) is 9.88 Å². The van der Waals surface area contributed by atoms with Crippen molar-refractivity contribution in [2.24, 2.45) is 12.0 Å². The van der Waals surface area contributed by atoms with Gasteiger partial charge in [0.15, 0.2) is 11.4 Å². The van der Waals surface area contributed by atoms with E-state index in [1.807, 2.05) is 32.4 Å². The zero-order valence-corrected chi connectivity index (χ0v) is 12.7. The van der Waals surface area contributed by atoms with Crippen LogP contribution in [-0.2, 0) is 18.9 Å². The van der Waals surface area contributed by atoms with E-state index in [-0.39, 0.29) is 5.41 Å². The minimum absolute atomic E-state index is 0.0441. The summed E-state index contributed by atoms with van der Waals surface area (Å²) in [4.78, 5) is 11.2. The van der Waals surface area contributed by atoms with Gasteiger partial charge in [0.25, 0.3) is 0 Å². The molecule has 0 saturated heterocycles. The molecule has 100 valence electrons. The molecule has 0 saturated carbocycles. The number of aromatic nitrogens is 2. The number of hydrogen-bond acceptors (Lipinski definition) is 2. The smallest absolute Gasteiger partial charge is 0.303 e. The Morgan fingerprint density at radius 1 is 1.39 bits per heavy atom. The van der Waals surface area contributed by atoms with E-state index in [4.69, 9.17) is 4.98 Å². The van der Waals surface area contributed by atoms with E-state index < -0.39 is 0 Å². The average Bonchev–Trinajstić information content (AvgIpc) is 2.24. The summed E-state index contributed by atoms with van der Waals surface area (Å²) >= 11 is 0. The van der Waals surface area contributed by atoms with Crippen LogP contribution in [0.2, 0.25) is 0 Å². The molecule has 0 unspecified atom stereocenters. The van der Waals surface area contributed by atoms with Crippen LogP contribution in [0, 0.1) is 0 Å². The minimum Gasteiger partial charge on any atom is -0.369 e. The van der Waals surface area contributed by atoms with Crippen LogP contribution < -0.4 is 4.57 Å². The van der Waals surface area contributed by atoms with Gasteiger partial charge in [0, 0.05) is 20.5 Å². The summed E-state index contributed by atoms with van der Waals surface area (Å²) in [5.74, 6) is 1.09. The normalized spacial score (nSPS) is 12.2. The molecule has 18 heavy (non-hydrogen) atoms. The Hall–Kier alpha value is -1.45. The summed E-state index contributed by atoms with van der Waals surface area (Å²) in [6, 6.07) is 0. The standard InChI is InChI=1S/C14H25N4/c1-8-11-12(15-10-17(5)6)9-18(7)13(16-11)14(2,3)4/h9-10H,8H2,1-7H3/q+1. The Labute approximate surface area is 110 Å². The molecule has 0 fully saturated rings. The Morgan fingerprint density at radius 2 is 2.00 bits per heavy atom. The minimum atomic E-state index is 0.0441. The molecule has 0 aliphatic heterocycles. The molecule has 1 heterocycles. The highest BCUT2D eigenvalue weighted by Gasteiger charge is 2.28. The van der Waals surface area contributed by atoms with E-state index in [1.165, 1.54) is 0 Å². The molecule has 0 aliphatic carbocycles. The second-order valence-corrected chi connectivity index (χ2v) is 5.82. The number of nitrogens with zero attached hydrogens (tertiary/aromatic N) is 4. The molecule has 1 rings (SSSR count). The van der Waals surface area contributed by atoms with Gasteiger partial charge >= 0.3 is 5.82 Å². The van der Waals surface area contributed by atoms with E-state index in [1.54, 1.807) is 0 Å². The Balaban J connectivity index is 3.27. The molecule has 0 N–H and O–H groups in total. The fourth-order valence-electron chi connectivity index (χ4n) is 1.83. The molecule has 0 amide bonds. The third-order valence-electron chi connectivity index (χ3n) is 2.62. The number of aryl methyl sites for hydroxylation is 2. The van der Waals surface area contributed by atoms with Gasteiger partial charge in [-0.15, -0.1) is 0 Å². The van der Waals surface area contributed by atoms with Crippen molar-refractivity contribution in [2.45, 2.75) is 39.5 Å². The van der Waals surface area contributed by atoms with Crippen molar-refractivity contribution in [1.29, 1.82) is 0 Å². The first-order valence-electron chi connectivity index (χ1n) is 6.36. The predicted octanol–water partition coefficient (Wildman–Crippen LogP) is 1.99. The summed E-state index contributed by atoms with van der Waals surface area (Å²) < 4.78 is 2.07. The Bertz CT molecular complexity index is 442. The first-order chi connectivity index (χ1) is 8.25. The first-order valence-corrected chi connectivity index (χ1v) is 6.36. The largest absolute Gasteiger partial charge is 0.369 e. The van der Waals surface area contributed by atoms with Gasteiger partial charge in [0.2, 0.25) is 0 Å². The van der Waals surface area contributed by atoms with Crippen LogP contribution in [0.1, 0.15) is 39.2 Å². The van der Waals surface area contributed by atoms with Crippen LogP contribution >= 0.6 is 0 Å². The molecule has 1 aromatic rings. The van der Waals surface area contributed by atoms with E-state index in [9.17, 15) is 0 Å². The zero-order valence-electron chi connectivity index (χ0n) is 12.7. The van der Waals surface area contributed by atoms with Crippen LogP contribution in [0.3, 0.4) is 0 Å². The molecule has 1 aromatic heterocycles. The Morgan fingerprint density at radius 3 is 2.44 bits per heavy atom. The summed E-state index contributed by atoms with van der Waals surface area (Å²) in [6.45, 7) is 8.65. The lowest BCUT2D eigenvalue weighted by Crippen LogP contribution is -2.41. The van der Waals surface area contributed by atoms with Crippen LogP contribution in [0.4, 0.5) is 5.69 Å². The van der Waals surface area contributed by atoms with Gasteiger partial charge in [-0.3, -0.25) is 0 Å². The molecule has 0 spiro atoms. The van der Waals surface area contributed by atoms with Crippen molar-refractivity contribution in [3.8, 4) is 0 Å². The maximum absolute atomic E-state index is 4.77. The molecule has 0 aromatic carbocycles. The highest BCUT2D eigenvalue weighted by atomic mass is 15.1. The first kappa shape index (κ1) is 14.6. The fourth-order valence-corrected chi connectivity index (χ4v) is 1.83. The second-order valence-electron chi connectivity index (χ2n) is 5.82. The molecule has 0 atom stereocenters. The van der Waals surface area contributed by atoms with Crippen LogP contribution in [0.25, 0.3) is 0 Å². The highest BCUT2D eigenvalue weighted by molar-refractivity contribution is 5.61. The summed E-state index contributed by atoms with van der Waals surface area (Å²) in [5, 5.41) is 0. The van der Waals surface area contributed by atoms with Gasteiger partial charge in [0.1, 0.15) is 6.20 Å². The molecule has 0 bridgehead atoms. The van der Waals surface area contributed by atoms with E-state index in [0.29, 0.717) is 0 Å². The topological polar surface area (TPSA) is 32.4 Å². The molecule has 0 aliphatic rings. The lowest BCUT2D eigenvalue weighted by molar-refractivity contribution is -0.685. The summed E-state index contributed by atoms with van der Waals surface area (Å²) in [6.07, 6.45) is 4.77. The summed E-state index contributed by atoms with van der Waals surface area (Å²) in [7, 11) is 5.96. The van der Waals surface area contributed by atoms with Gasteiger partial charge in [-0.05, 0) is 25.8 Å². The van der Waals surface area contributed by atoms with Gasteiger partial charge in [-0.2, -0.15) is 0 Å². The van der Waals surface area contributed by atoms with Crippen molar-refractivity contribution >= 4 is 12.0 Å². The van der Waals surface area contributed by atoms with Crippen molar-refractivity contribution in [3.05, 3.63) is 17.7 Å². The third kappa shape index (κ3) is 3.52. The molecule has 0 radical (unpaired) electrons. The van der Waals surface area contributed by atoms with Crippen LogP contribution in [0.5, 0.6) is 0 Å². The SMILES string of the molecule is CCc1nc(C(C)(C)C)[n+](C)cc1N=CN(C)C. The van der Waals surface area contributed by atoms with Crippen molar-refractivity contribution < 1.29 is 4.57 Å².